The minimum absolute atomic E-state index is 0.831. The van der Waals surface area contributed by atoms with Crippen molar-refractivity contribution < 1.29 is 4.74 Å². The molecule has 5 aromatic rings. The minimum atomic E-state index is 0.831. The Morgan fingerprint density at radius 2 is 1.58 bits per heavy atom. The van der Waals surface area contributed by atoms with Crippen molar-refractivity contribution in [3.8, 4) is 5.75 Å². The second-order valence-electron chi connectivity index (χ2n) is 5.44. The van der Waals surface area contributed by atoms with Crippen LogP contribution in [0.5, 0.6) is 5.75 Å². The number of fused-ring (bicyclic) bond motifs is 4. The zero-order chi connectivity index (χ0) is 17.7. The molecule has 0 aliphatic heterocycles. The number of nitrogens with one attached hydrogen (secondary N) is 1. The zero-order valence-corrected chi connectivity index (χ0v) is 17.0. The fourth-order valence-corrected chi connectivity index (χ4v) is 6.29. The van der Waals surface area contributed by atoms with Gasteiger partial charge in [0.2, 0.25) is 0 Å². The first-order chi connectivity index (χ1) is 12.7. The number of aromatic nitrogens is 3. The summed E-state index contributed by atoms with van der Waals surface area (Å²) in [6.45, 7) is 0. The summed E-state index contributed by atoms with van der Waals surface area (Å²) in [4.78, 5) is 14.0. The van der Waals surface area contributed by atoms with Crippen molar-refractivity contribution in [3.63, 3.8) is 0 Å². The van der Waals surface area contributed by atoms with Gasteiger partial charge in [0, 0.05) is 0 Å². The average molecular weight is 417 g/mol. The highest BCUT2D eigenvalue weighted by Gasteiger charge is 2.13. The molecule has 0 fully saturated rings. The molecular formula is C17H12N4OS4. The van der Waals surface area contributed by atoms with E-state index in [2.05, 4.69) is 21.5 Å². The predicted molar refractivity (Wildman–Crippen MR) is 114 cm³/mol. The maximum absolute atomic E-state index is 5.28. The van der Waals surface area contributed by atoms with Crippen LogP contribution in [0.3, 0.4) is 0 Å². The largest absolute Gasteiger partial charge is 0.497 e. The molecule has 0 aliphatic rings. The van der Waals surface area contributed by atoms with Crippen LogP contribution in [0.15, 0.2) is 34.7 Å². The average Bonchev–Trinajstić information content (AvgIpc) is 3.35. The summed E-state index contributed by atoms with van der Waals surface area (Å²) in [6.07, 6.45) is 2.05. The lowest BCUT2D eigenvalue weighted by atomic mass is 10.3. The van der Waals surface area contributed by atoms with Crippen molar-refractivity contribution in [2.75, 3.05) is 18.7 Å². The third kappa shape index (κ3) is 2.71. The van der Waals surface area contributed by atoms with Crippen molar-refractivity contribution in [2.24, 2.45) is 0 Å². The first-order valence-corrected chi connectivity index (χ1v) is 11.4. The molecular weight excluding hydrogens is 404 g/mol. The Bertz CT molecular complexity index is 1260. The van der Waals surface area contributed by atoms with Gasteiger partial charge >= 0.3 is 0 Å². The molecule has 0 radical (unpaired) electrons. The van der Waals surface area contributed by atoms with Crippen molar-refractivity contribution in [2.45, 2.75) is 4.34 Å². The monoisotopic (exact) mass is 416 g/mol. The summed E-state index contributed by atoms with van der Waals surface area (Å²) < 4.78 is 9.82. The predicted octanol–water partition coefficient (Wildman–Crippen LogP) is 5.99. The van der Waals surface area contributed by atoms with Gasteiger partial charge in [0.05, 0.1) is 37.8 Å². The van der Waals surface area contributed by atoms with E-state index < -0.39 is 0 Å². The van der Waals surface area contributed by atoms with Crippen molar-refractivity contribution in [1.29, 1.82) is 0 Å². The standard InChI is InChI=1S/C17H12N4OS4/c1-22-8-3-4-9-12(7-8)24-15(18-9)21-16-19-10-5-6-11-14(13(10)25-16)26-17(20-11)23-2/h3-7H,1-2H3,(H,18,19,21). The van der Waals surface area contributed by atoms with E-state index in [1.165, 1.54) is 9.40 Å². The van der Waals surface area contributed by atoms with E-state index in [1.54, 1.807) is 52.9 Å². The number of ether oxygens (including phenoxy) is 1. The summed E-state index contributed by atoms with van der Waals surface area (Å²) in [5, 5.41) is 5.03. The number of nitrogens with zero attached hydrogens (tertiary/aromatic N) is 3. The summed E-state index contributed by atoms with van der Waals surface area (Å²) in [5.74, 6) is 0.838. The highest BCUT2D eigenvalue weighted by atomic mass is 32.2. The van der Waals surface area contributed by atoms with Gasteiger partial charge in [-0.25, -0.2) is 15.0 Å². The van der Waals surface area contributed by atoms with E-state index in [4.69, 9.17) is 9.72 Å². The number of hydrogen-bond donors (Lipinski definition) is 1. The van der Waals surface area contributed by atoms with Crippen LogP contribution >= 0.6 is 45.8 Å². The van der Waals surface area contributed by atoms with Gasteiger partial charge < -0.3 is 10.1 Å². The summed E-state index contributed by atoms with van der Waals surface area (Å²) in [7, 11) is 1.67. The minimum Gasteiger partial charge on any atom is -0.497 e. The van der Waals surface area contributed by atoms with Gasteiger partial charge in [-0.1, -0.05) is 34.4 Å². The van der Waals surface area contributed by atoms with Crippen LogP contribution in [-0.2, 0) is 0 Å². The first kappa shape index (κ1) is 16.2. The third-order valence-corrected chi connectivity index (χ3v) is 8.02. The van der Waals surface area contributed by atoms with Gasteiger partial charge in [-0.3, -0.25) is 0 Å². The quantitative estimate of drug-likeness (QED) is 0.363. The summed E-state index contributed by atoms with van der Waals surface area (Å²) >= 11 is 6.64. The molecule has 0 saturated carbocycles. The van der Waals surface area contributed by atoms with Crippen LogP contribution in [0.1, 0.15) is 0 Å². The Balaban J connectivity index is 1.54. The van der Waals surface area contributed by atoms with E-state index in [9.17, 15) is 0 Å². The normalized spacial score (nSPS) is 11.6. The Morgan fingerprint density at radius 3 is 2.38 bits per heavy atom. The summed E-state index contributed by atoms with van der Waals surface area (Å²) in [6, 6.07) is 9.97. The molecule has 26 heavy (non-hydrogen) atoms. The van der Waals surface area contributed by atoms with Gasteiger partial charge in [0.1, 0.15) is 5.75 Å². The first-order valence-electron chi connectivity index (χ1n) is 7.69. The van der Waals surface area contributed by atoms with Crippen LogP contribution in [0.4, 0.5) is 10.3 Å². The smallest absolute Gasteiger partial charge is 0.190 e. The fourth-order valence-electron chi connectivity index (χ4n) is 2.67. The Hall–Kier alpha value is -1.94. The molecule has 0 bridgehead atoms. The molecule has 0 aliphatic carbocycles. The maximum atomic E-state index is 5.28. The molecule has 0 unspecified atom stereocenters. The number of methoxy groups -OCH3 is 1. The van der Waals surface area contributed by atoms with Gasteiger partial charge in [-0.2, -0.15) is 0 Å². The van der Waals surface area contributed by atoms with Crippen LogP contribution in [-0.4, -0.2) is 28.3 Å². The lowest BCUT2D eigenvalue weighted by Gasteiger charge is -1.96. The molecule has 1 N–H and O–H groups in total. The summed E-state index contributed by atoms with van der Waals surface area (Å²) in [5.41, 5.74) is 2.98. The molecule has 0 spiro atoms. The van der Waals surface area contributed by atoms with Crippen LogP contribution in [0.25, 0.3) is 30.6 Å². The van der Waals surface area contributed by atoms with Crippen LogP contribution < -0.4 is 10.1 Å². The van der Waals surface area contributed by atoms with E-state index in [-0.39, 0.29) is 0 Å². The fraction of sp³-hybridized carbons (Fsp3) is 0.118. The van der Waals surface area contributed by atoms with E-state index >= 15 is 0 Å². The molecule has 0 amide bonds. The van der Waals surface area contributed by atoms with E-state index in [1.807, 2.05) is 30.3 Å². The number of anilines is 2. The molecule has 0 atom stereocenters. The number of benzene rings is 2. The molecule has 2 aromatic carbocycles. The van der Waals surface area contributed by atoms with E-state index in [0.29, 0.717) is 0 Å². The second kappa shape index (κ2) is 6.34. The highest BCUT2D eigenvalue weighted by molar-refractivity contribution is 8.00. The molecule has 5 nitrogen and oxygen atoms in total. The molecule has 3 heterocycles. The van der Waals surface area contributed by atoms with Crippen LogP contribution in [0, 0.1) is 0 Å². The maximum Gasteiger partial charge on any atom is 0.190 e. The van der Waals surface area contributed by atoms with Gasteiger partial charge in [-0.05, 0) is 36.6 Å². The lowest BCUT2D eigenvalue weighted by molar-refractivity contribution is 0.415. The topological polar surface area (TPSA) is 59.9 Å². The Morgan fingerprint density at radius 1 is 0.885 bits per heavy atom. The molecule has 0 saturated heterocycles. The lowest BCUT2D eigenvalue weighted by Crippen LogP contribution is -1.87. The second-order valence-corrected chi connectivity index (χ2v) is 9.52. The van der Waals surface area contributed by atoms with Crippen LogP contribution in [0.2, 0.25) is 0 Å². The van der Waals surface area contributed by atoms with Gasteiger partial charge in [-0.15, -0.1) is 11.3 Å². The highest BCUT2D eigenvalue weighted by Crippen LogP contribution is 2.39. The Kier molecular flexibility index (Phi) is 3.96. The third-order valence-electron chi connectivity index (χ3n) is 3.88. The van der Waals surface area contributed by atoms with Crippen molar-refractivity contribution in [3.05, 3.63) is 30.3 Å². The van der Waals surface area contributed by atoms with E-state index in [0.717, 1.165) is 41.6 Å². The molecule has 5 rings (SSSR count). The Labute approximate surface area is 165 Å². The van der Waals surface area contributed by atoms with Crippen molar-refractivity contribution in [1.82, 2.24) is 15.0 Å². The van der Waals surface area contributed by atoms with Gasteiger partial charge in [0.15, 0.2) is 14.6 Å². The number of hydrogen-bond acceptors (Lipinski definition) is 9. The number of thiazole rings is 3. The molecule has 9 heteroatoms. The number of thioether (sulfide) groups is 1. The van der Waals surface area contributed by atoms with Gasteiger partial charge in [0.25, 0.3) is 0 Å². The number of rotatable bonds is 4. The van der Waals surface area contributed by atoms with Crippen molar-refractivity contribution >= 4 is 86.7 Å². The SMILES string of the molecule is COc1ccc2nc(Nc3nc4ccc5nc(SC)sc5c4s3)sc2c1. The molecule has 3 aromatic heterocycles. The molecule has 130 valence electrons. The zero-order valence-electron chi connectivity index (χ0n) is 13.8.